The molecule has 9 nitrogen and oxygen atoms in total. The maximum absolute atomic E-state index is 6.32. The molecule has 0 unspecified atom stereocenters. The van der Waals surface area contributed by atoms with Crippen molar-refractivity contribution in [1.29, 1.82) is 0 Å². The third-order valence-corrected chi connectivity index (χ3v) is 9.53. The summed E-state index contributed by atoms with van der Waals surface area (Å²) in [7, 11) is 0. The van der Waals surface area contributed by atoms with Crippen LogP contribution in [0.5, 0.6) is 0 Å². The third-order valence-electron chi connectivity index (χ3n) is 9.53. The van der Waals surface area contributed by atoms with E-state index in [1.54, 1.807) is 0 Å². The Labute approximate surface area is 327 Å². The number of benzene rings is 7. The SMILES string of the molecule is c1ccc(-c2nc(-c3ccccc3)nc(-c3cccc(-c4nnc(-c5cccc(-c6nc(-c7ccccc7)nc(-c7ccc8ccccc8c7)n6)c5)o4)c3)n2)cc1. The van der Waals surface area contributed by atoms with E-state index in [-0.39, 0.29) is 0 Å². The van der Waals surface area contributed by atoms with Crippen molar-refractivity contribution < 1.29 is 4.42 Å². The van der Waals surface area contributed by atoms with Gasteiger partial charge < -0.3 is 4.42 Å². The van der Waals surface area contributed by atoms with Gasteiger partial charge in [0.05, 0.1) is 0 Å². The van der Waals surface area contributed by atoms with Crippen LogP contribution in [0.15, 0.2) is 186 Å². The summed E-state index contributed by atoms with van der Waals surface area (Å²) in [5.74, 6) is 4.13. The molecule has 0 bridgehead atoms. The molecule has 7 aromatic carbocycles. The summed E-state index contributed by atoms with van der Waals surface area (Å²) in [6.45, 7) is 0. The van der Waals surface area contributed by atoms with Crippen LogP contribution in [0.3, 0.4) is 0 Å². The van der Waals surface area contributed by atoms with Gasteiger partial charge in [-0.1, -0.05) is 152 Å². The van der Waals surface area contributed by atoms with Crippen molar-refractivity contribution in [3.63, 3.8) is 0 Å². The van der Waals surface area contributed by atoms with E-state index in [1.807, 2.05) is 158 Å². The van der Waals surface area contributed by atoms with Gasteiger partial charge in [-0.3, -0.25) is 0 Å². The van der Waals surface area contributed by atoms with Crippen molar-refractivity contribution in [2.24, 2.45) is 0 Å². The molecule has 0 N–H and O–H groups in total. The third kappa shape index (κ3) is 6.92. The molecule has 0 atom stereocenters. The average Bonchev–Trinajstić information content (AvgIpc) is 3.80. The Balaban J connectivity index is 0.998. The van der Waals surface area contributed by atoms with Gasteiger partial charge in [0.25, 0.3) is 0 Å². The molecule has 0 amide bonds. The van der Waals surface area contributed by atoms with Crippen LogP contribution in [0.4, 0.5) is 0 Å². The number of rotatable bonds is 8. The minimum absolute atomic E-state index is 0.363. The highest BCUT2D eigenvalue weighted by Gasteiger charge is 2.17. The molecule has 57 heavy (non-hydrogen) atoms. The molecule has 10 aromatic rings. The van der Waals surface area contributed by atoms with Gasteiger partial charge in [0, 0.05) is 44.5 Å². The van der Waals surface area contributed by atoms with Gasteiger partial charge in [-0.05, 0) is 41.1 Å². The molecule has 0 saturated heterocycles. The largest absolute Gasteiger partial charge is 0.416 e. The van der Waals surface area contributed by atoms with Gasteiger partial charge in [0.2, 0.25) is 11.8 Å². The van der Waals surface area contributed by atoms with Gasteiger partial charge in [-0.25, -0.2) is 29.9 Å². The molecule has 0 fully saturated rings. The minimum Gasteiger partial charge on any atom is -0.416 e. The lowest BCUT2D eigenvalue weighted by Gasteiger charge is -2.09. The van der Waals surface area contributed by atoms with Crippen LogP contribution in [0.1, 0.15) is 0 Å². The molecule has 9 heteroatoms. The van der Waals surface area contributed by atoms with Crippen molar-refractivity contribution in [3.05, 3.63) is 182 Å². The van der Waals surface area contributed by atoms with E-state index in [2.05, 4.69) is 34.5 Å². The first kappa shape index (κ1) is 33.5. The van der Waals surface area contributed by atoms with Crippen molar-refractivity contribution in [2.75, 3.05) is 0 Å². The molecular weight excluding hydrogens is 705 g/mol. The number of fused-ring (bicyclic) bond motifs is 1. The lowest BCUT2D eigenvalue weighted by molar-refractivity contribution is 0.584. The highest BCUT2D eigenvalue weighted by Crippen LogP contribution is 2.32. The molecule has 0 aliphatic rings. The molecule has 10 rings (SSSR count). The zero-order valence-corrected chi connectivity index (χ0v) is 30.3. The van der Waals surface area contributed by atoms with E-state index in [9.17, 15) is 0 Å². The number of hydrogen-bond acceptors (Lipinski definition) is 9. The monoisotopic (exact) mass is 734 g/mol. The summed E-state index contributed by atoms with van der Waals surface area (Å²) in [5.41, 5.74) is 6.64. The first-order chi connectivity index (χ1) is 28.2. The standard InChI is InChI=1S/C48H30N8O/c1-4-15-32(16-5-1)41-49-42(33-17-6-2-7-18-33)51-44(50-41)36-22-12-24-39(29-36)47-55-56-48(57-47)40-25-13-23-37(30-40)45-52-43(34-19-8-3-9-20-34)53-46(54-45)38-27-26-31-14-10-11-21-35(31)28-38/h1-30H. The second kappa shape index (κ2) is 14.7. The Morgan fingerprint density at radius 3 is 1.02 bits per heavy atom. The predicted molar refractivity (Wildman–Crippen MR) is 222 cm³/mol. The average molecular weight is 735 g/mol. The maximum Gasteiger partial charge on any atom is 0.248 e. The second-order valence-corrected chi connectivity index (χ2v) is 13.3. The van der Waals surface area contributed by atoms with Crippen LogP contribution in [0, 0.1) is 0 Å². The quantitative estimate of drug-likeness (QED) is 0.150. The normalized spacial score (nSPS) is 11.2. The number of nitrogens with zero attached hydrogens (tertiary/aromatic N) is 8. The van der Waals surface area contributed by atoms with Gasteiger partial charge in [-0.2, -0.15) is 0 Å². The summed E-state index contributed by atoms with van der Waals surface area (Å²) >= 11 is 0. The summed E-state index contributed by atoms with van der Waals surface area (Å²) in [6.07, 6.45) is 0. The summed E-state index contributed by atoms with van der Waals surface area (Å²) < 4.78 is 6.32. The van der Waals surface area contributed by atoms with E-state index in [0.29, 0.717) is 46.7 Å². The van der Waals surface area contributed by atoms with Gasteiger partial charge in [0.15, 0.2) is 34.9 Å². The Bertz CT molecular complexity index is 2970. The molecule has 3 heterocycles. The Hall–Kier alpha value is -8.04. The molecule has 0 aliphatic carbocycles. The van der Waals surface area contributed by atoms with Crippen molar-refractivity contribution in [3.8, 4) is 91.2 Å². The van der Waals surface area contributed by atoms with Crippen molar-refractivity contribution in [2.45, 2.75) is 0 Å². The molecule has 0 aliphatic heterocycles. The van der Waals surface area contributed by atoms with E-state index in [4.69, 9.17) is 34.3 Å². The topological polar surface area (TPSA) is 116 Å². The number of aromatic nitrogens is 8. The van der Waals surface area contributed by atoms with E-state index in [1.165, 1.54) is 0 Å². The molecule has 3 aromatic heterocycles. The minimum atomic E-state index is 0.363. The maximum atomic E-state index is 6.32. The molecule has 0 radical (unpaired) electrons. The van der Waals surface area contributed by atoms with Crippen LogP contribution in [-0.2, 0) is 0 Å². The molecular formula is C48H30N8O. The highest BCUT2D eigenvalue weighted by atomic mass is 16.4. The van der Waals surface area contributed by atoms with Crippen LogP contribution in [0.25, 0.3) is 102 Å². The molecule has 268 valence electrons. The van der Waals surface area contributed by atoms with E-state index >= 15 is 0 Å². The Kier molecular flexibility index (Phi) is 8.62. The smallest absolute Gasteiger partial charge is 0.248 e. The zero-order chi connectivity index (χ0) is 38.0. The zero-order valence-electron chi connectivity index (χ0n) is 30.3. The van der Waals surface area contributed by atoms with E-state index in [0.717, 1.165) is 55.3 Å². The first-order valence-electron chi connectivity index (χ1n) is 18.4. The van der Waals surface area contributed by atoms with Crippen molar-refractivity contribution in [1.82, 2.24) is 40.1 Å². The lowest BCUT2D eigenvalue weighted by atomic mass is 10.1. The van der Waals surface area contributed by atoms with Crippen molar-refractivity contribution >= 4 is 10.8 Å². The molecule has 0 spiro atoms. The fraction of sp³-hybridized carbons (Fsp3) is 0. The van der Waals surface area contributed by atoms with E-state index < -0.39 is 0 Å². The summed E-state index contributed by atoms with van der Waals surface area (Å²) in [4.78, 5) is 29.4. The van der Waals surface area contributed by atoms with Gasteiger partial charge in [0.1, 0.15) is 0 Å². The lowest BCUT2D eigenvalue weighted by Crippen LogP contribution is -2.00. The summed E-state index contributed by atoms with van der Waals surface area (Å²) in [6, 6.07) is 59.8. The Morgan fingerprint density at radius 1 is 0.246 bits per heavy atom. The first-order valence-corrected chi connectivity index (χ1v) is 18.4. The number of hydrogen-bond donors (Lipinski definition) is 0. The van der Waals surface area contributed by atoms with Gasteiger partial charge in [-0.15, -0.1) is 10.2 Å². The predicted octanol–water partition coefficient (Wildman–Crippen LogP) is 10.9. The van der Waals surface area contributed by atoms with Crippen LogP contribution in [0.2, 0.25) is 0 Å². The Morgan fingerprint density at radius 2 is 0.579 bits per heavy atom. The van der Waals surface area contributed by atoms with Crippen LogP contribution in [-0.4, -0.2) is 40.1 Å². The van der Waals surface area contributed by atoms with Gasteiger partial charge >= 0.3 is 0 Å². The molecule has 0 saturated carbocycles. The fourth-order valence-electron chi connectivity index (χ4n) is 6.66. The van der Waals surface area contributed by atoms with Crippen LogP contribution < -0.4 is 0 Å². The van der Waals surface area contributed by atoms with Crippen LogP contribution >= 0.6 is 0 Å². The highest BCUT2D eigenvalue weighted by molar-refractivity contribution is 5.86. The fourth-order valence-corrected chi connectivity index (χ4v) is 6.66. The second-order valence-electron chi connectivity index (χ2n) is 13.3. The summed E-state index contributed by atoms with van der Waals surface area (Å²) in [5, 5.41) is 11.2.